The Hall–Kier alpha value is -0.780. The largest absolute Gasteiger partial charge is 0.492 e. The molecule has 0 aliphatic carbocycles. The lowest BCUT2D eigenvalue weighted by Gasteiger charge is -2.11. The van der Waals surface area contributed by atoms with Gasteiger partial charge in [0, 0.05) is 16.8 Å². The van der Waals surface area contributed by atoms with Gasteiger partial charge in [-0.1, -0.05) is 17.7 Å². The van der Waals surface area contributed by atoms with Crippen LogP contribution >= 0.6 is 11.6 Å². The second kappa shape index (κ2) is 6.23. The molecule has 0 aromatic heterocycles. The average molecular weight is 278 g/mol. The molecular formula is C11H16ClNO3S. The van der Waals surface area contributed by atoms with Gasteiger partial charge in [-0.15, -0.1) is 0 Å². The molecule has 0 bridgehead atoms. The van der Waals surface area contributed by atoms with Crippen molar-refractivity contribution in [1.29, 1.82) is 0 Å². The zero-order valence-electron chi connectivity index (χ0n) is 9.65. The van der Waals surface area contributed by atoms with Gasteiger partial charge in [-0.2, -0.15) is 0 Å². The Morgan fingerprint density at radius 1 is 1.41 bits per heavy atom. The normalized spacial score (nSPS) is 11.5. The summed E-state index contributed by atoms with van der Waals surface area (Å²) in [5.74, 6) is 0.591. The number of rotatable bonds is 6. The molecule has 0 unspecified atom stereocenters. The van der Waals surface area contributed by atoms with E-state index in [2.05, 4.69) is 0 Å². The van der Waals surface area contributed by atoms with E-state index >= 15 is 0 Å². The average Bonchev–Trinajstić information content (AvgIpc) is 2.21. The monoisotopic (exact) mass is 277 g/mol. The number of hydrogen-bond donors (Lipinski definition) is 1. The molecule has 0 aliphatic rings. The first-order valence-corrected chi connectivity index (χ1v) is 7.66. The molecule has 96 valence electrons. The van der Waals surface area contributed by atoms with Gasteiger partial charge in [-0.05, 0) is 25.1 Å². The highest BCUT2D eigenvalue weighted by Crippen LogP contribution is 2.26. The van der Waals surface area contributed by atoms with Crippen molar-refractivity contribution in [2.75, 3.05) is 25.2 Å². The molecule has 0 amide bonds. The molecule has 0 saturated carbocycles. The molecule has 4 nitrogen and oxygen atoms in total. The number of ether oxygens (including phenoxy) is 1. The SMILES string of the molecule is CS(=O)(=O)CCOc1cccc(Cl)c1CCN. The minimum absolute atomic E-state index is 0.0123. The van der Waals surface area contributed by atoms with Gasteiger partial charge in [-0.3, -0.25) is 0 Å². The van der Waals surface area contributed by atoms with Crippen molar-refractivity contribution < 1.29 is 13.2 Å². The Morgan fingerprint density at radius 3 is 2.71 bits per heavy atom. The standard InChI is InChI=1S/C11H16ClNO3S/c1-17(14,15)8-7-16-11-4-2-3-10(12)9(11)5-6-13/h2-4H,5-8,13H2,1H3. The Labute approximate surface area is 107 Å². The number of benzene rings is 1. The van der Waals surface area contributed by atoms with Crippen LogP contribution in [0.4, 0.5) is 0 Å². The quantitative estimate of drug-likeness (QED) is 0.850. The van der Waals surface area contributed by atoms with Crippen molar-refractivity contribution in [3.63, 3.8) is 0 Å². The lowest BCUT2D eigenvalue weighted by Crippen LogP contribution is -2.13. The van der Waals surface area contributed by atoms with Crippen LogP contribution in [0.5, 0.6) is 5.75 Å². The summed E-state index contributed by atoms with van der Waals surface area (Å²) in [6.07, 6.45) is 1.78. The minimum Gasteiger partial charge on any atom is -0.492 e. The van der Waals surface area contributed by atoms with Gasteiger partial charge in [-0.25, -0.2) is 8.42 Å². The van der Waals surface area contributed by atoms with E-state index in [0.717, 1.165) is 5.56 Å². The highest BCUT2D eigenvalue weighted by Gasteiger charge is 2.09. The molecule has 0 saturated heterocycles. The molecule has 2 N–H and O–H groups in total. The highest BCUT2D eigenvalue weighted by atomic mass is 35.5. The van der Waals surface area contributed by atoms with E-state index in [-0.39, 0.29) is 12.4 Å². The van der Waals surface area contributed by atoms with Crippen LogP contribution in [0.15, 0.2) is 18.2 Å². The fourth-order valence-corrected chi connectivity index (χ4v) is 2.01. The van der Waals surface area contributed by atoms with Gasteiger partial charge in [0.2, 0.25) is 0 Å². The molecule has 0 fully saturated rings. The van der Waals surface area contributed by atoms with Crippen LogP contribution in [0.2, 0.25) is 5.02 Å². The summed E-state index contributed by atoms with van der Waals surface area (Å²) >= 11 is 6.02. The van der Waals surface area contributed by atoms with E-state index in [9.17, 15) is 8.42 Å². The van der Waals surface area contributed by atoms with Gasteiger partial charge in [0.1, 0.15) is 12.4 Å². The summed E-state index contributed by atoms with van der Waals surface area (Å²) in [4.78, 5) is 0. The molecular weight excluding hydrogens is 262 g/mol. The van der Waals surface area contributed by atoms with E-state index < -0.39 is 9.84 Å². The smallest absolute Gasteiger partial charge is 0.150 e. The minimum atomic E-state index is -3.01. The fourth-order valence-electron chi connectivity index (χ4n) is 1.36. The van der Waals surface area contributed by atoms with Gasteiger partial charge in [0.15, 0.2) is 9.84 Å². The van der Waals surface area contributed by atoms with Gasteiger partial charge in [0.25, 0.3) is 0 Å². The van der Waals surface area contributed by atoms with Crippen LogP contribution in [0, 0.1) is 0 Å². The summed E-state index contributed by atoms with van der Waals surface area (Å²) in [6.45, 7) is 0.586. The first kappa shape index (κ1) is 14.3. The molecule has 0 radical (unpaired) electrons. The number of hydrogen-bond acceptors (Lipinski definition) is 4. The van der Waals surface area contributed by atoms with Crippen molar-refractivity contribution in [1.82, 2.24) is 0 Å². The van der Waals surface area contributed by atoms with E-state index in [1.165, 1.54) is 6.26 Å². The van der Waals surface area contributed by atoms with Crippen molar-refractivity contribution in [2.45, 2.75) is 6.42 Å². The molecule has 1 rings (SSSR count). The van der Waals surface area contributed by atoms with Crippen LogP contribution < -0.4 is 10.5 Å². The highest BCUT2D eigenvalue weighted by molar-refractivity contribution is 7.90. The van der Waals surface area contributed by atoms with E-state index in [4.69, 9.17) is 22.1 Å². The summed E-state index contributed by atoms with van der Waals surface area (Å²) in [7, 11) is -3.01. The molecule has 0 spiro atoms. The fraction of sp³-hybridized carbons (Fsp3) is 0.455. The van der Waals surface area contributed by atoms with Crippen molar-refractivity contribution in [3.05, 3.63) is 28.8 Å². The van der Waals surface area contributed by atoms with Gasteiger partial charge >= 0.3 is 0 Å². The molecule has 6 heteroatoms. The summed E-state index contributed by atoms with van der Waals surface area (Å²) < 4.78 is 27.4. The third-order valence-corrected chi connectivity index (χ3v) is 3.44. The summed E-state index contributed by atoms with van der Waals surface area (Å²) in [5.41, 5.74) is 6.31. The molecule has 17 heavy (non-hydrogen) atoms. The number of halogens is 1. The van der Waals surface area contributed by atoms with Crippen molar-refractivity contribution in [2.24, 2.45) is 5.73 Å². The van der Waals surface area contributed by atoms with Crippen LogP contribution in [0.3, 0.4) is 0 Å². The number of nitrogens with two attached hydrogens (primary N) is 1. The maximum Gasteiger partial charge on any atom is 0.150 e. The van der Waals surface area contributed by atoms with E-state index in [1.54, 1.807) is 18.2 Å². The Balaban J connectivity index is 2.73. The second-order valence-electron chi connectivity index (χ2n) is 3.73. The first-order chi connectivity index (χ1) is 7.94. The third kappa shape index (κ3) is 4.93. The van der Waals surface area contributed by atoms with E-state index in [0.29, 0.717) is 23.7 Å². The lowest BCUT2D eigenvalue weighted by atomic mass is 10.1. The zero-order valence-corrected chi connectivity index (χ0v) is 11.2. The maximum absolute atomic E-state index is 11.0. The second-order valence-corrected chi connectivity index (χ2v) is 6.40. The van der Waals surface area contributed by atoms with Crippen molar-refractivity contribution >= 4 is 21.4 Å². The van der Waals surface area contributed by atoms with Crippen LogP contribution in [-0.4, -0.2) is 33.6 Å². The lowest BCUT2D eigenvalue weighted by molar-refractivity contribution is 0.337. The summed E-state index contributed by atoms with van der Waals surface area (Å²) in [6, 6.07) is 5.28. The van der Waals surface area contributed by atoms with Gasteiger partial charge < -0.3 is 10.5 Å². The summed E-state index contributed by atoms with van der Waals surface area (Å²) in [5, 5.41) is 0.590. The van der Waals surface area contributed by atoms with E-state index in [1.807, 2.05) is 0 Å². The third-order valence-electron chi connectivity index (χ3n) is 2.18. The van der Waals surface area contributed by atoms with Crippen molar-refractivity contribution in [3.8, 4) is 5.75 Å². The Bertz CT molecular complexity index is 474. The molecule has 0 heterocycles. The predicted octanol–water partition coefficient (Wildman–Crippen LogP) is 1.26. The van der Waals surface area contributed by atoms with Crippen LogP contribution in [0.1, 0.15) is 5.56 Å². The van der Waals surface area contributed by atoms with Crippen LogP contribution in [0.25, 0.3) is 0 Å². The van der Waals surface area contributed by atoms with Gasteiger partial charge in [0.05, 0.1) is 5.75 Å². The maximum atomic E-state index is 11.0. The molecule has 0 atom stereocenters. The zero-order chi connectivity index (χ0) is 12.9. The van der Waals surface area contributed by atoms with Crippen LogP contribution in [-0.2, 0) is 16.3 Å². The predicted molar refractivity (Wildman–Crippen MR) is 69.4 cm³/mol. The molecule has 0 aliphatic heterocycles. The Kier molecular flexibility index (Phi) is 5.24. The topological polar surface area (TPSA) is 69.4 Å². The Morgan fingerprint density at radius 2 is 2.12 bits per heavy atom. The molecule has 1 aromatic carbocycles. The number of sulfone groups is 1. The molecule has 1 aromatic rings. The first-order valence-electron chi connectivity index (χ1n) is 5.22.